The quantitative estimate of drug-likeness (QED) is 0.597. The number of nitro groups is 1. The summed E-state index contributed by atoms with van der Waals surface area (Å²) < 4.78 is 4.65. The van der Waals surface area contributed by atoms with Gasteiger partial charge in [-0.3, -0.25) is 10.1 Å². The van der Waals surface area contributed by atoms with Gasteiger partial charge in [0.1, 0.15) is 12.7 Å². The van der Waals surface area contributed by atoms with Gasteiger partial charge in [0.15, 0.2) is 0 Å². The molecule has 1 fully saturated rings. The van der Waals surface area contributed by atoms with Crippen LogP contribution in [0, 0.1) is 10.1 Å². The van der Waals surface area contributed by atoms with E-state index in [4.69, 9.17) is 0 Å². The summed E-state index contributed by atoms with van der Waals surface area (Å²) in [6.07, 6.45) is -1.52. The molecule has 2 atom stereocenters. The molecule has 1 aliphatic heterocycles. The molecule has 0 aliphatic carbocycles. The van der Waals surface area contributed by atoms with Crippen LogP contribution in [-0.4, -0.2) is 28.8 Å². The van der Waals surface area contributed by atoms with Gasteiger partial charge >= 0.3 is 6.09 Å². The third-order valence-electron chi connectivity index (χ3n) is 2.52. The maximum absolute atomic E-state index is 10.8. The minimum Gasteiger partial charge on any atom is -0.447 e. The van der Waals surface area contributed by atoms with E-state index in [2.05, 4.69) is 10.1 Å². The maximum atomic E-state index is 10.8. The first-order valence-corrected chi connectivity index (χ1v) is 4.93. The number of carbonyl (C=O) groups is 1. The van der Waals surface area contributed by atoms with Gasteiger partial charge in [0.2, 0.25) is 0 Å². The number of hydrogen-bond donors (Lipinski definition) is 2. The largest absolute Gasteiger partial charge is 0.447 e. The molecular formula is C10H10N2O5. The van der Waals surface area contributed by atoms with Crippen molar-refractivity contribution in [3.8, 4) is 0 Å². The number of aliphatic hydroxyl groups excluding tert-OH is 1. The van der Waals surface area contributed by atoms with Crippen molar-refractivity contribution in [3.05, 3.63) is 39.9 Å². The van der Waals surface area contributed by atoms with Crippen LogP contribution in [0.15, 0.2) is 24.3 Å². The summed E-state index contributed by atoms with van der Waals surface area (Å²) in [4.78, 5) is 20.7. The van der Waals surface area contributed by atoms with Gasteiger partial charge < -0.3 is 15.2 Å². The average molecular weight is 238 g/mol. The molecule has 1 aromatic rings. The van der Waals surface area contributed by atoms with Crippen molar-refractivity contribution in [2.45, 2.75) is 12.1 Å². The Bertz CT molecular complexity index is 445. The molecule has 7 nitrogen and oxygen atoms in total. The summed E-state index contributed by atoms with van der Waals surface area (Å²) >= 11 is 0. The van der Waals surface area contributed by atoms with Crippen LogP contribution >= 0.6 is 0 Å². The number of alkyl carbamates (subject to hydrolysis) is 1. The number of cyclic esters (lactones) is 1. The number of carbonyl (C=O) groups excluding carboxylic acids is 1. The second-order valence-electron chi connectivity index (χ2n) is 3.64. The standard InChI is InChI=1S/C10H10N2O5/c13-9(8-5-17-10(14)11-8)6-1-3-7(4-2-6)12(15)16/h1-4,8-9,13H,5H2,(H,11,14). The molecular weight excluding hydrogens is 228 g/mol. The highest BCUT2D eigenvalue weighted by molar-refractivity contribution is 5.69. The molecule has 2 rings (SSSR count). The van der Waals surface area contributed by atoms with Crippen LogP contribution in [0.25, 0.3) is 0 Å². The van der Waals surface area contributed by atoms with E-state index in [0.717, 1.165) is 0 Å². The number of hydrogen-bond acceptors (Lipinski definition) is 5. The molecule has 0 radical (unpaired) electrons. The molecule has 1 aliphatic rings. The van der Waals surface area contributed by atoms with E-state index in [0.29, 0.717) is 5.56 Å². The molecule has 0 aromatic heterocycles. The Morgan fingerprint density at radius 3 is 2.59 bits per heavy atom. The SMILES string of the molecule is O=C1NC(C(O)c2ccc([N+](=O)[O-])cc2)CO1. The number of benzene rings is 1. The predicted octanol–water partition coefficient (Wildman–Crippen LogP) is 0.737. The van der Waals surface area contributed by atoms with Crippen molar-refractivity contribution in [1.82, 2.24) is 5.32 Å². The highest BCUT2D eigenvalue weighted by Crippen LogP contribution is 2.22. The topological polar surface area (TPSA) is 102 Å². The van der Waals surface area contributed by atoms with E-state index in [1.165, 1.54) is 24.3 Å². The van der Waals surface area contributed by atoms with Crippen LogP contribution in [0.4, 0.5) is 10.5 Å². The van der Waals surface area contributed by atoms with Gasteiger partial charge in [-0.15, -0.1) is 0 Å². The Balaban J connectivity index is 2.11. The molecule has 17 heavy (non-hydrogen) atoms. The number of nitro benzene ring substituents is 1. The fourth-order valence-corrected chi connectivity index (χ4v) is 1.60. The van der Waals surface area contributed by atoms with Crippen molar-refractivity contribution >= 4 is 11.8 Å². The molecule has 1 heterocycles. The monoisotopic (exact) mass is 238 g/mol. The molecule has 1 amide bonds. The number of aliphatic hydroxyl groups is 1. The second kappa shape index (κ2) is 4.38. The molecule has 90 valence electrons. The molecule has 0 bridgehead atoms. The summed E-state index contributed by atoms with van der Waals surface area (Å²) in [5.41, 5.74) is 0.444. The van der Waals surface area contributed by atoms with Crippen molar-refractivity contribution in [3.63, 3.8) is 0 Å². The summed E-state index contributed by atoms with van der Waals surface area (Å²) in [6.45, 7) is 0.0803. The average Bonchev–Trinajstić information content (AvgIpc) is 2.75. The number of nitrogens with one attached hydrogen (secondary N) is 1. The predicted molar refractivity (Wildman–Crippen MR) is 56.3 cm³/mol. The highest BCUT2D eigenvalue weighted by Gasteiger charge is 2.30. The van der Waals surface area contributed by atoms with Crippen LogP contribution in [0.1, 0.15) is 11.7 Å². The van der Waals surface area contributed by atoms with Gasteiger partial charge in [-0.25, -0.2) is 4.79 Å². The highest BCUT2D eigenvalue weighted by atomic mass is 16.6. The Hall–Kier alpha value is -2.15. The molecule has 2 unspecified atom stereocenters. The van der Waals surface area contributed by atoms with E-state index in [1.54, 1.807) is 0 Å². The van der Waals surface area contributed by atoms with Gasteiger partial charge in [0.25, 0.3) is 5.69 Å². The second-order valence-corrected chi connectivity index (χ2v) is 3.64. The Morgan fingerprint density at radius 2 is 2.12 bits per heavy atom. The van der Waals surface area contributed by atoms with Gasteiger partial charge in [0.05, 0.1) is 11.0 Å². The van der Waals surface area contributed by atoms with E-state index in [9.17, 15) is 20.0 Å². The third-order valence-corrected chi connectivity index (χ3v) is 2.52. The molecule has 0 saturated carbocycles. The lowest BCUT2D eigenvalue weighted by Gasteiger charge is -2.15. The molecule has 0 spiro atoms. The maximum Gasteiger partial charge on any atom is 0.407 e. The molecule has 7 heteroatoms. The normalized spacial score (nSPS) is 20.5. The van der Waals surface area contributed by atoms with E-state index >= 15 is 0 Å². The van der Waals surface area contributed by atoms with E-state index < -0.39 is 23.2 Å². The number of ether oxygens (including phenoxy) is 1. The molecule has 1 saturated heterocycles. The Morgan fingerprint density at radius 1 is 1.47 bits per heavy atom. The number of non-ortho nitro benzene ring substituents is 1. The number of nitrogens with zero attached hydrogens (tertiary/aromatic N) is 1. The molecule has 1 aromatic carbocycles. The summed E-state index contributed by atoms with van der Waals surface area (Å²) in [6, 6.07) is 4.98. The first-order chi connectivity index (χ1) is 8.08. The van der Waals surface area contributed by atoms with E-state index in [-0.39, 0.29) is 12.3 Å². The lowest BCUT2D eigenvalue weighted by Crippen LogP contribution is -2.32. The first-order valence-electron chi connectivity index (χ1n) is 4.93. The first kappa shape index (κ1) is 11.3. The van der Waals surface area contributed by atoms with Crippen molar-refractivity contribution < 1.29 is 19.6 Å². The minimum atomic E-state index is -0.942. The van der Waals surface area contributed by atoms with Crippen LogP contribution in [0.5, 0.6) is 0 Å². The zero-order valence-corrected chi connectivity index (χ0v) is 8.70. The van der Waals surface area contributed by atoms with Crippen molar-refractivity contribution in [1.29, 1.82) is 0 Å². The summed E-state index contributed by atoms with van der Waals surface area (Å²) in [7, 11) is 0. The van der Waals surface area contributed by atoms with Gasteiger partial charge in [-0.05, 0) is 17.7 Å². The zero-order valence-electron chi connectivity index (χ0n) is 8.70. The van der Waals surface area contributed by atoms with Crippen molar-refractivity contribution in [2.75, 3.05) is 6.61 Å². The van der Waals surface area contributed by atoms with Crippen LogP contribution < -0.4 is 5.32 Å². The van der Waals surface area contributed by atoms with Gasteiger partial charge in [0, 0.05) is 12.1 Å². The Labute approximate surface area is 96.2 Å². The minimum absolute atomic E-state index is 0.0485. The summed E-state index contributed by atoms with van der Waals surface area (Å²) in [5, 5.41) is 22.8. The molecule has 2 N–H and O–H groups in total. The van der Waals surface area contributed by atoms with Crippen LogP contribution in [-0.2, 0) is 4.74 Å². The summed E-state index contributed by atoms with van der Waals surface area (Å²) in [5.74, 6) is 0. The van der Waals surface area contributed by atoms with Crippen LogP contribution in [0.3, 0.4) is 0 Å². The Kier molecular flexibility index (Phi) is 2.92. The van der Waals surface area contributed by atoms with Gasteiger partial charge in [-0.2, -0.15) is 0 Å². The fraction of sp³-hybridized carbons (Fsp3) is 0.300. The lowest BCUT2D eigenvalue weighted by molar-refractivity contribution is -0.384. The fourth-order valence-electron chi connectivity index (χ4n) is 1.60. The zero-order chi connectivity index (χ0) is 12.4. The number of rotatable bonds is 3. The van der Waals surface area contributed by atoms with Crippen molar-refractivity contribution in [2.24, 2.45) is 0 Å². The number of amides is 1. The third kappa shape index (κ3) is 2.34. The lowest BCUT2D eigenvalue weighted by atomic mass is 10.0. The van der Waals surface area contributed by atoms with Crippen LogP contribution in [0.2, 0.25) is 0 Å². The van der Waals surface area contributed by atoms with E-state index in [1.807, 2.05) is 0 Å². The van der Waals surface area contributed by atoms with Gasteiger partial charge in [-0.1, -0.05) is 0 Å². The smallest absolute Gasteiger partial charge is 0.407 e.